The van der Waals surface area contributed by atoms with Gasteiger partial charge in [0.15, 0.2) is 17.5 Å². The van der Waals surface area contributed by atoms with Crippen molar-refractivity contribution in [3.8, 4) is 39.9 Å². The van der Waals surface area contributed by atoms with Crippen LogP contribution in [0.3, 0.4) is 0 Å². The SMILES string of the molecule is c1cc(-c2nc(-c3ccc4ccccc4c3)nc(-c3cccc4oc5ccncc5c34)n2)cc(-n2c3ccccc3c3cc4ccccc4cc32)c1. The molecule has 4 aromatic heterocycles. The molecule has 11 aromatic rings. The minimum atomic E-state index is 0.569. The predicted molar refractivity (Wildman–Crippen MR) is 211 cm³/mol. The Morgan fingerprint density at radius 2 is 1.15 bits per heavy atom. The molecule has 11 rings (SSSR count). The summed E-state index contributed by atoms with van der Waals surface area (Å²) in [7, 11) is 0. The van der Waals surface area contributed by atoms with Crippen LogP contribution in [0.25, 0.3) is 105 Å². The summed E-state index contributed by atoms with van der Waals surface area (Å²) in [6.45, 7) is 0. The van der Waals surface area contributed by atoms with Gasteiger partial charge in [-0.25, -0.2) is 15.0 Å². The Balaban J connectivity index is 1.15. The van der Waals surface area contributed by atoms with Crippen LogP contribution >= 0.6 is 0 Å². The maximum Gasteiger partial charge on any atom is 0.164 e. The van der Waals surface area contributed by atoms with Crippen LogP contribution in [0.2, 0.25) is 0 Å². The first-order chi connectivity index (χ1) is 25.7. The van der Waals surface area contributed by atoms with Crippen molar-refractivity contribution < 1.29 is 4.42 Å². The van der Waals surface area contributed by atoms with E-state index in [-0.39, 0.29) is 0 Å². The van der Waals surface area contributed by atoms with Crippen LogP contribution in [0.5, 0.6) is 0 Å². The van der Waals surface area contributed by atoms with Gasteiger partial charge in [-0.05, 0) is 70.1 Å². The van der Waals surface area contributed by atoms with Crippen molar-refractivity contribution in [2.75, 3.05) is 0 Å². The quantitative estimate of drug-likeness (QED) is 0.187. The first kappa shape index (κ1) is 28.6. The summed E-state index contributed by atoms with van der Waals surface area (Å²) < 4.78 is 8.58. The van der Waals surface area contributed by atoms with Crippen molar-refractivity contribution in [3.63, 3.8) is 0 Å². The lowest BCUT2D eigenvalue weighted by atomic mass is 10.1. The maximum absolute atomic E-state index is 6.23. The van der Waals surface area contributed by atoms with Gasteiger partial charge in [-0.2, -0.15) is 0 Å². The van der Waals surface area contributed by atoms with Crippen molar-refractivity contribution in [2.24, 2.45) is 0 Å². The molecule has 0 radical (unpaired) electrons. The molecule has 0 fully saturated rings. The number of pyridine rings is 1. The Hall–Kier alpha value is -7.18. The van der Waals surface area contributed by atoms with E-state index in [1.165, 1.54) is 21.5 Å². The Morgan fingerprint density at radius 1 is 0.442 bits per heavy atom. The summed E-state index contributed by atoms with van der Waals surface area (Å²) in [5.74, 6) is 1.76. The van der Waals surface area contributed by atoms with E-state index in [1.807, 2.05) is 30.5 Å². The highest BCUT2D eigenvalue weighted by molar-refractivity contribution is 6.14. The monoisotopic (exact) mass is 665 g/mol. The van der Waals surface area contributed by atoms with E-state index >= 15 is 0 Å². The predicted octanol–water partition coefficient (Wildman–Crippen LogP) is 11.6. The van der Waals surface area contributed by atoms with Gasteiger partial charge in [0, 0.05) is 56.3 Å². The number of hydrogen-bond donors (Lipinski definition) is 0. The average Bonchev–Trinajstić information content (AvgIpc) is 3.75. The van der Waals surface area contributed by atoms with E-state index in [9.17, 15) is 0 Å². The van der Waals surface area contributed by atoms with E-state index in [0.717, 1.165) is 66.1 Å². The normalized spacial score (nSPS) is 11.8. The third-order valence-electron chi connectivity index (χ3n) is 10.1. The van der Waals surface area contributed by atoms with Crippen LogP contribution in [0.15, 0.2) is 168 Å². The fourth-order valence-electron chi connectivity index (χ4n) is 7.66. The first-order valence-corrected chi connectivity index (χ1v) is 17.3. The Morgan fingerprint density at radius 3 is 2.02 bits per heavy atom. The molecule has 4 heterocycles. The number of rotatable bonds is 4. The van der Waals surface area contributed by atoms with Crippen LogP contribution in [0.1, 0.15) is 0 Å². The Bertz CT molecular complexity index is 3210. The first-order valence-electron chi connectivity index (χ1n) is 17.3. The summed E-state index contributed by atoms with van der Waals surface area (Å²) in [5, 5.41) is 8.99. The average molecular weight is 666 g/mol. The molecule has 52 heavy (non-hydrogen) atoms. The minimum absolute atomic E-state index is 0.569. The number of hydrogen-bond acceptors (Lipinski definition) is 5. The molecular weight excluding hydrogens is 639 g/mol. The smallest absolute Gasteiger partial charge is 0.164 e. The van der Waals surface area contributed by atoms with Crippen LogP contribution in [0.4, 0.5) is 0 Å². The summed E-state index contributed by atoms with van der Waals surface area (Å²) in [6.07, 6.45) is 3.59. The van der Waals surface area contributed by atoms with E-state index in [4.69, 9.17) is 19.4 Å². The van der Waals surface area contributed by atoms with Gasteiger partial charge in [0.1, 0.15) is 11.2 Å². The topological polar surface area (TPSA) is 69.6 Å². The minimum Gasteiger partial charge on any atom is -0.456 e. The van der Waals surface area contributed by atoms with Crippen molar-refractivity contribution >= 4 is 65.3 Å². The second-order valence-electron chi connectivity index (χ2n) is 13.1. The highest BCUT2D eigenvalue weighted by atomic mass is 16.3. The molecule has 6 heteroatoms. The number of benzene rings is 7. The second-order valence-corrected chi connectivity index (χ2v) is 13.1. The maximum atomic E-state index is 6.23. The van der Waals surface area contributed by atoms with Crippen LogP contribution in [-0.2, 0) is 0 Å². The standard InChI is InChI=1S/C46H27N5O/c1-2-10-29-23-33(20-19-28(29)9-1)45-48-44(49-46(50-45)36-16-8-18-42-43(36)38-27-47-22-21-41(38)52-42)32-13-7-14-34(24-32)51-39-17-6-5-15-35(39)37-25-30-11-3-4-12-31(30)26-40(37)51/h1-27H. The molecule has 7 aromatic carbocycles. The molecule has 0 aliphatic heterocycles. The van der Waals surface area contributed by atoms with Gasteiger partial charge in [-0.1, -0.05) is 103 Å². The zero-order chi connectivity index (χ0) is 34.2. The molecule has 0 atom stereocenters. The van der Waals surface area contributed by atoms with Gasteiger partial charge in [0.25, 0.3) is 0 Å². The van der Waals surface area contributed by atoms with Crippen molar-refractivity contribution in [1.82, 2.24) is 24.5 Å². The number of fused-ring (bicyclic) bond motifs is 8. The number of furan rings is 1. The highest BCUT2D eigenvalue weighted by Crippen LogP contribution is 2.38. The molecule has 0 aliphatic rings. The van der Waals surface area contributed by atoms with Crippen LogP contribution < -0.4 is 0 Å². The summed E-state index contributed by atoms with van der Waals surface area (Å²) in [6, 6.07) is 52.8. The number of aromatic nitrogens is 5. The van der Waals surface area contributed by atoms with Crippen LogP contribution in [0, 0.1) is 0 Å². The van der Waals surface area contributed by atoms with Gasteiger partial charge in [-0.15, -0.1) is 0 Å². The summed E-state index contributed by atoms with van der Waals surface area (Å²) in [5.41, 5.74) is 7.52. The third-order valence-corrected chi connectivity index (χ3v) is 10.1. The molecule has 0 saturated heterocycles. The van der Waals surface area contributed by atoms with Crippen molar-refractivity contribution in [1.29, 1.82) is 0 Å². The Kier molecular flexibility index (Phi) is 6.15. The zero-order valence-electron chi connectivity index (χ0n) is 27.7. The lowest BCUT2D eigenvalue weighted by Crippen LogP contribution is -2.01. The molecular formula is C46H27N5O. The zero-order valence-corrected chi connectivity index (χ0v) is 27.7. The fourth-order valence-corrected chi connectivity index (χ4v) is 7.66. The van der Waals surface area contributed by atoms with Gasteiger partial charge in [0.05, 0.1) is 11.0 Å². The molecule has 0 N–H and O–H groups in total. The number of nitrogens with zero attached hydrogens (tertiary/aromatic N) is 5. The molecule has 0 amide bonds. The molecule has 6 nitrogen and oxygen atoms in total. The van der Waals surface area contributed by atoms with E-state index in [2.05, 4.69) is 137 Å². The van der Waals surface area contributed by atoms with Crippen molar-refractivity contribution in [2.45, 2.75) is 0 Å². The molecule has 0 unspecified atom stereocenters. The molecule has 0 saturated carbocycles. The number of para-hydroxylation sites is 1. The molecule has 0 spiro atoms. The highest BCUT2D eigenvalue weighted by Gasteiger charge is 2.19. The van der Waals surface area contributed by atoms with E-state index in [1.54, 1.807) is 6.20 Å². The Labute approximate surface area is 297 Å². The van der Waals surface area contributed by atoms with Crippen molar-refractivity contribution in [3.05, 3.63) is 164 Å². The van der Waals surface area contributed by atoms with E-state index < -0.39 is 0 Å². The molecule has 0 aliphatic carbocycles. The van der Waals surface area contributed by atoms with E-state index in [0.29, 0.717) is 17.5 Å². The molecule has 0 bridgehead atoms. The largest absolute Gasteiger partial charge is 0.456 e. The summed E-state index contributed by atoms with van der Waals surface area (Å²) in [4.78, 5) is 19.9. The van der Waals surface area contributed by atoms with Gasteiger partial charge < -0.3 is 8.98 Å². The molecule has 242 valence electrons. The second kappa shape index (κ2) is 11.2. The lowest BCUT2D eigenvalue weighted by molar-refractivity contribution is 0.668. The van der Waals surface area contributed by atoms with Gasteiger partial charge >= 0.3 is 0 Å². The van der Waals surface area contributed by atoms with Gasteiger partial charge in [0.2, 0.25) is 0 Å². The third kappa shape index (κ3) is 4.44. The summed E-state index contributed by atoms with van der Waals surface area (Å²) >= 11 is 0. The van der Waals surface area contributed by atoms with Crippen LogP contribution in [-0.4, -0.2) is 24.5 Å². The van der Waals surface area contributed by atoms with Gasteiger partial charge in [-0.3, -0.25) is 4.98 Å². The fraction of sp³-hybridized carbons (Fsp3) is 0. The lowest BCUT2D eigenvalue weighted by Gasteiger charge is -2.12.